The number of aliphatic hydroxyl groups is 1. The summed E-state index contributed by atoms with van der Waals surface area (Å²) in [6, 6.07) is 1.72. The van der Waals surface area contributed by atoms with Gasteiger partial charge in [0.1, 0.15) is 6.04 Å². The van der Waals surface area contributed by atoms with Crippen LogP contribution in [-0.4, -0.2) is 39.6 Å². The maximum atomic E-state index is 13.1. The number of likely N-dealkylation sites (tertiary alicyclic amines) is 1. The number of piperidine rings is 1. The summed E-state index contributed by atoms with van der Waals surface area (Å²) >= 11 is 0. The predicted molar refractivity (Wildman–Crippen MR) is 82.8 cm³/mol. The molecule has 3 unspecified atom stereocenters. The zero-order chi connectivity index (χ0) is 16.0. The van der Waals surface area contributed by atoms with Gasteiger partial charge in [-0.15, -0.1) is 0 Å². The standard InChI is InChI=1S/C18H25N3O2/c19-8-13-2-12-3-14(12)21(13)16(22)15(20)17-4-10-1-11(5-17)7-18(23,6-10)9-17/h10-15,23H,1-7,9,20H2/t10-,11-,12?,13?,14?,15+,17?,18?/m0/s1. The topological polar surface area (TPSA) is 90.4 Å². The Kier molecular flexibility index (Phi) is 2.65. The quantitative estimate of drug-likeness (QED) is 0.800. The molecule has 0 radical (unpaired) electrons. The van der Waals surface area contributed by atoms with Gasteiger partial charge in [-0.1, -0.05) is 0 Å². The number of carbonyl (C=O) groups is 1. The highest BCUT2D eigenvalue weighted by molar-refractivity contribution is 5.84. The molecule has 1 saturated heterocycles. The molecule has 6 atom stereocenters. The van der Waals surface area contributed by atoms with Crippen LogP contribution in [0.1, 0.15) is 51.4 Å². The molecule has 23 heavy (non-hydrogen) atoms. The predicted octanol–water partition coefficient (Wildman–Crippen LogP) is 1.16. The van der Waals surface area contributed by atoms with Crippen LogP contribution in [-0.2, 0) is 4.79 Å². The average molecular weight is 315 g/mol. The van der Waals surface area contributed by atoms with Crippen molar-refractivity contribution in [3.8, 4) is 6.07 Å². The largest absolute Gasteiger partial charge is 0.390 e. The summed E-state index contributed by atoms with van der Waals surface area (Å²) in [5, 5.41) is 20.2. The van der Waals surface area contributed by atoms with E-state index in [0.717, 1.165) is 38.5 Å². The van der Waals surface area contributed by atoms with Gasteiger partial charge >= 0.3 is 0 Å². The van der Waals surface area contributed by atoms with Crippen molar-refractivity contribution < 1.29 is 9.90 Å². The first-order valence-corrected chi connectivity index (χ1v) is 9.13. The van der Waals surface area contributed by atoms with Crippen LogP contribution < -0.4 is 5.73 Å². The number of hydrogen-bond acceptors (Lipinski definition) is 4. The van der Waals surface area contributed by atoms with Crippen LogP contribution in [0.3, 0.4) is 0 Å². The number of hydrogen-bond donors (Lipinski definition) is 2. The summed E-state index contributed by atoms with van der Waals surface area (Å²) in [7, 11) is 0. The molecule has 0 aromatic rings. The highest BCUT2D eigenvalue weighted by atomic mass is 16.3. The average Bonchev–Trinajstić information content (AvgIpc) is 3.14. The lowest BCUT2D eigenvalue weighted by molar-refractivity contribution is -0.177. The molecule has 1 amide bonds. The molecule has 5 saturated carbocycles. The van der Waals surface area contributed by atoms with Crippen molar-refractivity contribution in [2.45, 2.75) is 75.1 Å². The Morgan fingerprint density at radius 3 is 2.52 bits per heavy atom. The number of nitrogens with zero attached hydrogens (tertiary/aromatic N) is 2. The minimum absolute atomic E-state index is 0.0212. The van der Waals surface area contributed by atoms with E-state index in [9.17, 15) is 15.2 Å². The van der Waals surface area contributed by atoms with E-state index in [-0.39, 0.29) is 23.4 Å². The van der Waals surface area contributed by atoms with Crippen molar-refractivity contribution in [1.82, 2.24) is 4.90 Å². The Hall–Kier alpha value is -1.12. The highest BCUT2D eigenvalue weighted by Gasteiger charge is 2.62. The van der Waals surface area contributed by atoms with E-state index in [4.69, 9.17) is 5.73 Å². The summed E-state index contributed by atoms with van der Waals surface area (Å²) < 4.78 is 0. The second-order valence-electron chi connectivity index (χ2n) is 9.21. The van der Waals surface area contributed by atoms with E-state index in [0.29, 0.717) is 24.2 Å². The molecule has 1 heterocycles. The molecule has 6 fully saturated rings. The summed E-state index contributed by atoms with van der Waals surface area (Å²) in [5.41, 5.74) is 5.71. The van der Waals surface area contributed by atoms with E-state index in [1.807, 2.05) is 0 Å². The number of carbonyl (C=O) groups excluding carboxylic acids is 1. The lowest BCUT2D eigenvalue weighted by Gasteiger charge is -2.61. The third kappa shape index (κ3) is 1.88. The molecule has 6 rings (SSSR count). The second-order valence-corrected chi connectivity index (χ2v) is 9.21. The van der Waals surface area contributed by atoms with Crippen molar-refractivity contribution in [2.75, 3.05) is 0 Å². The lowest BCUT2D eigenvalue weighted by Crippen LogP contribution is -2.64. The van der Waals surface area contributed by atoms with Gasteiger partial charge in [0.15, 0.2) is 0 Å². The first-order valence-electron chi connectivity index (χ1n) is 9.13. The van der Waals surface area contributed by atoms with E-state index < -0.39 is 11.6 Å². The van der Waals surface area contributed by atoms with Crippen LogP contribution in [0.5, 0.6) is 0 Å². The molecule has 5 aliphatic carbocycles. The highest BCUT2D eigenvalue weighted by Crippen LogP contribution is 2.63. The first-order chi connectivity index (χ1) is 10.9. The van der Waals surface area contributed by atoms with Gasteiger partial charge in [-0.3, -0.25) is 4.79 Å². The summed E-state index contributed by atoms with van der Waals surface area (Å²) in [4.78, 5) is 14.9. The second kappa shape index (κ2) is 4.29. The number of fused-ring (bicyclic) bond motifs is 1. The third-order valence-electron chi connectivity index (χ3n) is 7.51. The van der Waals surface area contributed by atoms with Crippen LogP contribution in [0.2, 0.25) is 0 Å². The molecule has 4 bridgehead atoms. The van der Waals surface area contributed by atoms with Gasteiger partial charge in [0.05, 0.1) is 17.7 Å². The van der Waals surface area contributed by atoms with Gasteiger partial charge in [0.25, 0.3) is 0 Å². The number of nitrogens with two attached hydrogens (primary N) is 1. The monoisotopic (exact) mass is 315 g/mol. The maximum Gasteiger partial charge on any atom is 0.241 e. The van der Waals surface area contributed by atoms with Crippen LogP contribution in [0.4, 0.5) is 0 Å². The van der Waals surface area contributed by atoms with Crippen molar-refractivity contribution in [1.29, 1.82) is 5.26 Å². The first kappa shape index (κ1) is 14.2. The van der Waals surface area contributed by atoms with E-state index >= 15 is 0 Å². The molecule has 0 spiro atoms. The fourth-order valence-corrected chi connectivity index (χ4v) is 6.96. The normalized spacial score (nSPS) is 53.8. The van der Waals surface area contributed by atoms with Crippen molar-refractivity contribution in [3.05, 3.63) is 0 Å². The zero-order valence-electron chi connectivity index (χ0n) is 13.4. The number of rotatable bonds is 2. The Labute approximate surface area is 136 Å². The fraction of sp³-hybridized carbons (Fsp3) is 0.889. The van der Waals surface area contributed by atoms with Crippen LogP contribution in [0, 0.1) is 34.5 Å². The van der Waals surface area contributed by atoms with E-state index in [1.165, 1.54) is 6.42 Å². The Morgan fingerprint density at radius 1 is 1.22 bits per heavy atom. The van der Waals surface area contributed by atoms with Gasteiger partial charge in [-0.25, -0.2) is 0 Å². The molecular weight excluding hydrogens is 290 g/mol. The Bertz CT molecular complexity index is 598. The minimum atomic E-state index is -0.594. The third-order valence-corrected chi connectivity index (χ3v) is 7.51. The zero-order valence-corrected chi connectivity index (χ0v) is 13.4. The fourth-order valence-electron chi connectivity index (χ4n) is 6.96. The molecule has 0 aromatic carbocycles. The van der Waals surface area contributed by atoms with Crippen LogP contribution in [0.25, 0.3) is 0 Å². The molecule has 1 aliphatic heterocycles. The van der Waals surface area contributed by atoms with E-state index in [2.05, 4.69) is 6.07 Å². The van der Waals surface area contributed by atoms with Gasteiger partial charge in [0, 0.05) is 6.04 Å². The molecule has 6 aliphatic rings. The van der Waals surface area contributed by atoms with Crippen LogP contribution in [0.15, 0.2) is 0 Å². The molecular formula is C18H25N3O2. The van der Waals surface area contributed by atoms with Gasteiger partial charge in [-0.05, 0) is 74.5 Å². The smallest absolute Gasteiger partial charge is 0.241 e. The van der Waals surface area contributed by atoms with E-state index in [1.54, 1.807) is 4.90 Å². The van der Waals surface area contributed by atoms with Crippen molar-refractivity contribution in [2.24, 2.45) is 28.9 Å². The lowest BCUT2D eigenvalue weighted by atomic mass is 9.46. The summed E-state index contributed by atoms with van der Waals surface area (Å²) in [6.07, 6.45) is 7.48. The Morgan fingerprint density at radius 2 is 1.91 bits per heavy atom. The van der Waals surface area contributed by atoms with Gasteiger partial charge < -0.3 is 15.7 Å². The minimum Gasteiger partial charge on any atom is -0.390 e. The molecule has 0 aromatic heterocycles. The van der Waals surface area contributed by atoms with Gasteiger partial charge in [-0.2, -0.15) is 5.26 Å². The summed E-state index contributed by atoms with van der Waals surface area (Å²) in [5.74, 6) is 1.56. The maximum absolute atomic E-state index is 13.1. The van der Waals surface area contributed by atoms with Crippen molar-refractivity contribution >= 4 is 5.91 Å². The molecule has 3 N–H and O–H groups in total. The van der Waals surface area contributed by atoms with Crippen LogP contribution >= 0.6 is 0 Å². The summed E-state index contributed by atoms with van der Waals surface area (Å²) in [6.45, 7) is 0. The molecule has 124 valence electrons. The van der Waals surface area contributed by atoms with Crippen molar-refractivity contribution in [3.63, 3.8) is 0 Å². The number of nitriles is 1. The molecule has 5 heteroatoms. The molecule has 5 nitrogen and oxygen atoms in total. The number of amides is 1. The van der Waals surface area contributed by atoms with Gasteiger partial charge in [0.2, 0.25) is 5.91 Å². The SMILES string of the molecule is N#CC1CC2CC2N1C(=O)[C@@H](N)C12C[C@@H]3C[C@H](CC(O)(C3)C1)C2. The Balaban J connectivity index is 1.43.